The van der Waals surface area contributed by atoms with E-state index in [0.717, 1.165) is 55.1 Å². The molecule has 10 heteroatoms. The molecule has 208 valence electrons. The Morgan fingerprint density at radius 1 is 1.07 bits per heavy atom. The molecule has 1 fully saturated rings. The number of carbonyl (C=O) groups is 1. The van der Waals surface area contributed by atoms with Crippen LogP contribution in [-0.4, -0.2) is 74.3 Å². The van der Waals surface area contributed by atoms with E-state index in [1.54, 1.807) is 7.11 Å². The molecule has 5 rings (SSSR count). The number of ether oxygens (including phenoxy) is 2. The van der Waals surface area contributed by atoms with Crippen LogP contribution in [0.1, 0.15) is 12.0 Å². The number of rotatable bonds is 9. The first-order valence-electron chi connectivity index (χ1n) is 13.4. The predicted octanol–water partition coefficient (Wildman–Crippen LogP) is 4.65. The maximum atomic E-state index is 12.0. The minimum Gasteiger partial charge on any atom is -0.494 e. The number of nitrogens with one attached hydrogen (secondary N) is 3. The standard InChI is InChI=1S/C30H35N7O3/c1-4-28(38)32-24-7-5-6-8-25(24)33-29-23(21-11-17-40-18-12-21)20-31-30(35-29)34-26-10-9-22(19-27(26)39-3)37-15-13-36(2)14-16-37/h4-11,19-20H,1,12-18H2,2-3H3,(H,32,38)(H2,31,33,34,35). The Morgan fingerprint density at radius 2 is 1.88 bits per heavy atom. The summed E-state index contributed by atoms with van der Waals surface area (Å²) >= 11 is 0. The minimum atomic E-state index is -0.293. The number of aromatic nitrogens is 2. The summed E-state index contributed by atoms with van der Waals surface area (Å²) < 4.78 is 11.3. The third-order valence-electron chi connectivity index (χ3n) is 7.02. The van der Waals surface area contributed by atoms with E-state index < -0.39 is 0 Å². The van der Waals surface area contributed by atoms with E-state index in [2.05, 4.69) is 50.4 Å². The quantitative estimate of drug-likeness (QED) is 0.334. The number of hydrogen-bond donors (Lipinski definition) is 3. The average molecular weight is 542 g/mol. The van der Waals surface area contributed by atoms with Gasteiger partial charge >= 0.3 is 0 Å². The first kappa shape index (κ1) is 27.2. The number of amides is 1. The van der Waals surface area contributed by atoms with E-state index in [4.69, 9.17) is 14.5 Å². The van der Waals surface area contributed by atoms with Crippen molar-refractivity contribution in [1.29, 1.82) is 0 Å². The van der Waals surface area contributed by atoms with Gasteiger partial charge in [-0.25, -0.2) is 4.98 Å². The number of para-hydroxylation sites is 2. The second-order valence-electron chi connectivity index (χ2n) is 9.67. The number of methoxy groups -OCH3 is 1. The van der Waals surface area contributed by atoms with Gasteiger partial charge in [0.1, 0.15) is 11.6 Å². The van der Waals surface area contributed by atoms with Gasteiger partial charge in [0.2, 0.25) is 11.9 Å². The van der Waals surface area contributed by atoms with Crippen molar-refractivity contribution in [2.45, 2.75) is 6.42 Å². The zero-order valence-electron chi connectivity index (χ0n) is 22.9. The molecule has 0 spiro atoms. The highest BCUT2D eigenvalue weighted by Crippen LogP contribution is 2.35. The highest BCUT2D eigenvalue weighted by atomic mass is 16.5. The number of likely N-dealkylation sites (N-methyl/N-ethyl adjacent to an activating group) is 1. The predicted molar refractivity (Wildman–Crippen MR) is 160 cm³/mol. The Balaban J connectivity index is 1.44. The molecule has 0 atom stereocenters. The van der Waals surface area contributed by atoms with Gasteiger partial charge < -0.3 is 35.2 Å². The fourth-order valence-corrected chi connectivity index (χ4v) is 4.72. The van der Waals surface area contributed by atoms with Crippen LogP contribution in [0.5, 0.6) is 5.75 Å². The van der Waals surface area contributed by atoms with Crippen LogP contribution in [0.4, 0.5) is 34.5 Å². The smallest absolute Gasteiger partial charge is 0.247 e. The zero-order chi connectivity index (χ0) is 27.9. The molecule has 0 saturated carbocycles. The first-order chi connectivity index (χ1) is 19.5. The lowest BCUT2D eigenvalue weighted by Crippen LogP contribution is -2.44. The molecule has 3 N–H and O–H groups in total. The lowest BCUT2D eigenvalue weighted by Gasteiger charge is -2.34. The number of carbonyl (C=O) groups excluding carboxylic acids is 1. The first-order valence-corrected chi connectivity index (χ1v) is 13.4. The topological polar surface area (TPSA) is 104 Å². The van der Waals surface area contributed by atoms with Crippen LogP contribution in [0.25, 0.3) is 5.57 Å². The van der Waals surface area contributed by atoms with Crippen LogP contribution in [0, 0.1) is 0 Å². The van der Waals surface area contributed by atoms with Crippen LogP contribution in [-0.2, 0) is 9.53 Å². The van der Waals surface area contributed by atoms with Gasteiger partial charge in [-0.1, -0.05) is 24.8 Å². The molecule has 40 heavy (non-hydrogen) atoms. The fraction of sp³-hybridized carbons (Fsp3) is 0.300. The van der Waals surface area contributed by atoms with Crippen LogP contribution in [0.2, 0.25) is 0 Å². The number of anilines is 6. The molecule has 2 aliphatic rings. The molecule has 10 nitrogen and oxygen atoms in total. The van der Waals surface area contributed by atoms with Crippen molar-refractivity contribution in [3.63, 3.8) is 0 Å². The summed E-state index contributed by atoms with van der Waals surface area (Å²) in [5.74, 6) is 1.44. The largest absolute Gasteiger partial charge is 0.494 e. The summed E-state index contributed by atoms with van der Waals surface area (Å²) in [5.41, 5.74) is 5.18. The Labute approximate surface area is 234 Å². The number of hydrogen-bond acceptors (Lipinski definition) is 9. The number of nitrogens with zero attached hydrogens (tertiary/aromatic N) is 4. The second kappa shape index (κ2) is 12.6. The van der Waals surface area contributed by atoms with Crippen LogP contribution in [0.15, 0.2) is 67.4 Å². The van der Waals surface area contributed by atoms with Crippen molar-refractivity contribution in [2.75, 3.05) is 74.4 Å². The van der Waals surface area contributed by atoms with Crippen molar-refractivity contribution < 1.29 is 14.3 Å². The summed E-state index contributed by atoms with van der Waals surface area (Å²) in [6.45, 7) is 8.73. The van der Waals surface area contributed by atoms with Gasteiger partial charge in [0.25, 0.3) is 0 Å². The molecule has 3 heterocycles. The van der Waals surface area contributed by atoms with E-state index in [9.17, 15) is 4.79 Å². The van der Waals surface area contributed by atoms with E-state index >= 15 is 0 Å². The van der Waals surface area contributed by atoms with Gasteiger partial charge in [-0.15, -0.1) is 0 Å². The Hall–Kier alpha value is -4.41. The van der Waals surface area contributed by atoms with Gasteiger partial charge in [-0.2, -0.15) is 4.98 Å². The van der Waals surface area contributed by atoms with Crippen LogP contribution >= 0.6 is 0 Å². The molecular weight excluding hydrogens is 506 g/mol. The Kier molecular flexibility index (Phi) is 8.58. The van der Waals surface area contributed by atoms with E-state index in [1.807, 2.05) is 48.7 Å². The van der Waals surface area contributed by atoms with Gasteiger partial charge in [0.15, 0.2) is 0 Å². The van der Waals surface area contributed by atoms with Crippen molar-refractivity contribution in [1.82, 2.24) is 14.9 Å². The number of benzene rings is 2. The van der Waals surface area contributed by atoms with Crippen molar-refractivity contribution in [3.8, 4) is 5.75 Å². The van der Waals surface area contributed by atoms with Crippen molar-refractivity contribution in [2.24, 2.45) is 0 Å². The minimum absolute atomic E-state index is 0.293. The average Bonchev–Trinajstić information content (AvgIpc) is 2.99. The molecular formula is C30H35N7O3. The van der Waals surface area contributed by atoms with E-state index in [1.165, 1.54) is 6.08 Å². The van der Waals surface area contributed by atoms with E-state index in [0.29, 0.717) is 42.1 Å². The van der Waals surface area contributed by atoms with Crippen molar-refractivity contribution in [3.05, 3.63) is 73.0 Å². The molecule has 0 radical (unpaired) electrons. The molecule has 0 bridgehead atoms. The zero-order valence-corrected chi connectivity index (χ0v) is 22.9. The molecule has 0 unspecified atom stereocenters. The molecule has 2 aliphatic heterocycles. The van der Waals surface area contributed by atoms with E-state index in [-0.39, 0.29) is 5.91 Å². The SMILES string of the molecule is C=CC(=O)Nc1ccccc1Nc1nc(Nc2ccc(N3CCN(C)CC3)cc2OC)ncc1C1=CCOCC1. The molecule has 2 aromatic carbocycles. The van der Waals surface area contributed by atoms with Gasteiger partial charge in [-0.05, 0) is 49.4 Å². The van der Waals surface area contributed by atoms with Gasteiger partial charge in [0, 0.05) is 49.7 Å². The van der Waals surface area contributed by atoms with Gasteiger partial charge in [0.05, 0.1) is 37.4 Å². The molecule has 1 saturated heterocycles. The fourth-order valence-electron chi connectivity index (χ4n) is 4.72. The highest BCUT2D eigenvalue weighted by Gasteiger charge is 2.18. The lowest BCUT2D eigenvalue weighted by molar-refractivity contribution is -0.111. The van der Waals surface area contributed by atoms with Crippen molar-refractivity contribution >= 4 is 46.0 Å². The van der Waals surface area contributed by atoms with Crippen LogP contribution in [0.3, 0.4) is 0 Å². The maximum absolute atomic E-state index is 12.0. The summed E-state index contributed by atoms with van der Waals surface area (Å²) in [7, 11) is 3.81. The van der Waals surface area contributed by atoms with Crippen LogP contribution < -0.4 is 25.6 Å². The molecule has 3 aromatic rings. The maximum Gasteiger partial charge on any atom is 0.247 e. The highest BCUT2D eigenvalue weighted by molar-refractivity contribution is 6.01. The summed E-state index contributed by atoms with van der Waals surface area (Å²) in [6.07, 6.45) is 5.85. The molecule has 1 aromatic heterocycles. The monoisotopic (exact) mass is 541 g/mol. The normalized spacial score (nSPS) is 15.7. The Bertz CT molecular complexity index is 1400. The summed E-state index contributed by atoms with van der Waals surface area (Å²) in [6, 6.07) is 13.6. The molecule has 0 aliphatic carbocycles. The van der Waals surface area contributed by atoms with Gasteiger partial charge in [-0.3, -0.25) is 4.79 Å². The second-order valence-corrected chi connectivity index (χ2v) is 9.67. The summed E-state index contributed by atoms with van der Waals surface area (Å²) in [4.78, 5) is 26.2. The third-order valence-corrected chi connectivity index (χ3v) is 7.02. The summed E-state index contributed by atoms with van der Waals surface area (Å²) in [5, 5.41) is 9.59. The Morgan fingerprint density at radius 3 is 2.60 bits per heavy atom. The molecule has 1 amide bonds. The third kappa shape index (κ3) is 6.41. The lowest BCUT2D eigenvalue weighted by atomic mass is 10.0. The number of piperazine rings is 1.